The van der Waals surface area contributed by atoms with Gasteiger partial charge in [-0.05, 0) is 30.7 Å². The number of amides is 3. The highest BCUT2D eigenvalue weighted by molar-refractivity contribution is 6.01. The topological polar surface area (TPSA) is 79.0 Å². The SMILES string of the molecule is CCCN(CC(=O)Nc1ccccc1OC)C(=O)C1CC(=O)N(c2ccc(F)cc2F)C1. The summed E-state index contributed by atoms with van der Waals surface area (Å²) in [7, 11) is 1.49. The fraction of sp³-hybridized carbons (Fsp3) is 0.348. The molecule has 0 spiro atoms. The van der Waals surface area contributed by atoms with E-state index in [1.165, 1.54) is 18.1 Å². The second-order valence-corrected chi connectivity index (χ2v) is 7.51. The third-order valence-corrected chi connectivity index (χ3v) is 5.20. The standard InChI is InChI=1S/C23H25F2N3O4/c1-3-10-27(14-21(29)26-18-6-4-5-7-20(18)32-2)23(31)15-11-22(30)28(13-15)19-9-8-16(24)12-17(19)25/h4-9,12,15H,3,10-11,13-14H2,1-2H3,(H,26,29). The molecule has 1 atom stereocenters. The number of benzene rings is 2. The van der Waals surface area contributed by atoms with E-state index < -0.39 is 29.4 Å². The Kier molecular flexibility index (Phi) is 7.40. The van der Waals surface area contributed by atoms with Crippen LogP contribution in [-0.2, 0) is 14.4 Å². The van der Waals surface area contributed by atoms with Crippen molar-refractivity contribution in [3.8, 4) is 5.75 Å². The summed E-state index contributed by atoms with van der Waals surface area (Å²) in [6, 6.07) is 9.86. The minimum Gasteiger partial charge on any atom is -0.495 e. The third-order valence-electron chi connectivity index (χ3n) is 5.20. The Balaban J connectivity index is 1.69. The molecule has 1 N–H and O–H groups in total. The molecule has 1 unspecified atom stereocenters. The van der Waals surface area contributed by atoms with E-state index in [4.69, 9.17) is 4.74 Å². The number of carbonyl (C=O) groups is 3. The summed E-state index contributed by atoms with van der Waals surface area (Å²) >= 11 is 0. The summed E-state index contributed by atoms with van der Waals surface area (Å²) < 4.78 is 32.6. The number of halogens is 2. The van der Waals surface area contributed by atoms with E-state index in [2.05, 4.69) is 5.32 Å². The van der Waals surface area contributed by atoms with Gasteiger partial charge in [-0.2, -0.15) is 0 Å². The van der Waals surface area contributed by atoms with Crippen LogP contribution in [0.1, 0.15) is 19.8 Å². The second-order valence-electron chi connectivity index (χ2n) is 7.51. The maximum atomic E-state index is 14.1. The first-order chi connectivity index (χ1) is 15.3. The first kappa shape index (κ1) is 23.2. The predicted molar refractivity (Wildman–Crippen MR) is 115 cm³/mol. The zero-order valence-electron chi connectivity index (χ0n) is 17.9. The summed E-state index contributed by atoms with van der Waals surface area (Å²) in [4.78, 5) is 40.7. The van der Waals surface area contributed by atoms with E-state index in [1.54, 1.807) is 24.3 Å². The number of rotatable bonds is 8. The van der Waals surface area contributed by atoms with Crippen LogP contribution in [0.3, 0.4) is 0 Å². The molecule has 2 aromatic rings. The molecule has 7 nitrogen and oxygen atoms in total. The van der Waals surface area contributed by atoms with Crippen molar-refractivity contribution in [1.82, 2.24) is 4.90 Å². The van der Waals surface area contributed by atoms with Crippen molar-refractivity contribution in [2.24, 2.45) is 5.92 Å². The molecule has 0 aliphatic carbocycles. The maximum Gasteiger partial charge on any atom is 0.244 e. The van der Waals surface area contributed by atoms with Gasteiger partial charge in [-0.25, -0.2) is 8.78 Å². The highest BCUT2D eigenvalue weighted by atomic mass is 19.1. The van der Waals surface area contributed by atoms with Crippen LogP contribution < -0.4 is 15.0 Å². The van der Waals surface area contributed by atoms with Crippen molar-refractivity contribution in [3.63, 3.8) is 0 Å². The summed E-state index contributed by atoms with van der Waals surface area (Å²) in [5.74, 6) is -3.04. The van der Waals surface area contributed by atoms with Gasteiger partial charge >= 0.3 is 0 Å². The van der Waals surface area contributed by atoms with Gasteiger partial charge in [0, 0.05) is 25.6 Å². The Morgan fingerprint density at radius 1 is 1.22 bits per heavy atom. The van der Waals surface area contributed by atoms with E-state index in [0.29, 0.717) is 30.5 Å². The monoisotopic (exact) mass is 445 g/mol. The number of methoxy groups -OCH3 is 1. The highest BCUT2D eigenvalue weighted by Gasteiger charge is 2.38. The first-order valence-corrected chi connectivity index (χ1v) is 10.3. The number of hydrogen-bond donors (Lipinski definition) is 1. The highest BCUT2D eigenvalue weighted by Crippen LogP contribution is 2.29. The van der Waals surface area contributed by atoms with E-state index in [-0.39, 0.29) is 31.1 Å². The van der Waals surface area contributed by atoms with Crippen molar-refractivity contribution in [2.75, 3.05) is 37.0 Å². The number of nitrogens with zero attached hydrogens (tertiary/aromatic N) is 2. The largest absolute Gasteiger partial charge is 0.495 e. The van der Waals surface area contributed by atoms with Gasteiger partial charge in [-0.1, -0.05) is 19.1 Å². The number of hydrogen-bond acceptors (Lipinski definition) is 4. The van der Waals surface area contributed by atoms with Crippen LogP contribution in [0.15, 0.2) is 42.5 Å². The predicted octanol–water partition coefficient (Wildman–Crippen LogP) is 3.20. The van der Waals surface area contributed by atoms with Crippen LogP contribution in [0.5, 0.6) is 5.75 Å². The maximum absolute atomic E-state index is 14.1. The molecule has 0 radical (unpaired) electrons. The van der Waals surface area contributed by atoms with Crippen LogP contribution in [0, 0.1) is 17.6 Å². The van der Waals surface area contributed by atoms with Crippen molar-refractivity contribution >= 4 is 29.1 Å². The van der Waals surface area contributed by atoms with Gasteiger partial charge in [-0.3, -0.25) is 14.4 Å². The van der Waals surface area contributed by atoms with Crippen molar-refractivity contribution < 1.29 is 27.9 Å². The number of anilines is 2. The Morgan fingerprint density at radius 3 is 2.66 bits per heavy atom. The summed E-state index contributed by atoms with van der Waals surface area (Å²) in [5, 5.41) is 2.73. The zero-order chi connectivity index (χ0) is 23.3. The molecule has 1 saturated heterocycles. The fourth-order valence-corrected chi connectivity index (χ4v) is 3.71. The molecule has 170 valence electrons. The normalized spacial score (nSPS) is 15.6. The zero-order valence-corrected chi connectivity index (χ0v) is 17.9. The number of ether oxygens (including phenoxy) is 1. The quantitative estimate of drug-likeness (QED) is 0.677. The van der Waals surface area contributed by atoms with Gasteiger partial charge in [0.2, 0.25) is 17.7 Å². The van der Waals surface area contributed by atoms with Gasteiger partial charge in [0.25, 0.3) is 0 Å². The average molecular weight is 445 g/mol. The smallest absolute Gasteiger partial charge is 0.244 e. The van der Waals surface area contributed by atoms with E-state index >= 15 is 0 Å². The summed E-state index contributed by atoms with van der Waals surface area (Å²) in [6.45, 7) is 1.97. The molecule has 1 aliphatic rings. The Bertz CT molecular complexity index is 1010. The van der Waals surface area contributed by atoms with Gasteiger partial charge in [0.15, 0.2) is 0 Å². The number of para-hydroxylation sites is 2. The molecule has 0 bridgehead atoms. The van der Waals surface area contributed by atoms with Gasteiger partial charge in [-0.15, -0.1) is 0 Å². The van der Waals surface area contributed by atoms with E-state index in [9.17, 15) is 23.2 Å². The lowest BCUT2D eigenvalue weighted by Crippen LogP contribution is -2.42. The molecular weight excluding hydrogens is 420 g/mol. The molecule has 0 saturated carbocycles. The number of nitrogens with one attached hydrogen (secondary N) is 1. The summed E-state index contributed by atoms with van der Waals surface area (Å²) in [6.07, 6.45) is 0.509. The molecule has 1 heterocycles. The first-order valence-electron chi connectivity index (χ1n) is 10.3. The van der Waals surface area contributed by atoms with Gasteiger partial charge in [0.1, 0.15) is 17.4 Å². The molecule has 1 fully saturated rings. The van der Waals surface area contributed by atoms with E-state index in [1.807, 2.05) is 6.92 Å². The molecular formula is C23H25F2N3O4. The molecule has 1 aliphatic heterocycles. The van der Waals surface area contributed by atoms with E-state index in [0.717, 1.165) is 11.0 Å². The molecule has 2 aromatic carbocycles. The molecule has 3 rings (SSSR count). The lowest BCUT2D eigenvalue weighted by Gasteiger charge is -2.25. The molecule has 0 aromatic heterocycles. The van der Waals surface area contributed by atoms with Crippen molar-refractivity contribution in [2.45, 2.75) is 19.8 Å². The minimum atomic E-state index is -0.868. The fourth-order valence-electron chi connectivity index (χ4n) is 3.71. The number of carbonyl (C=O) groups excluding carboxylic acids is 3. The molecule has 3 amide bonds. The summed E-state index contributed by atoms with van der Waals surface area (Å²) in [5.41, 5.74) is 0.417. The molecule has 32 heavy (non-hydrogen) atoms. The average Bonchev–Trinajstić information content (AvgIpc) is 3.14. The van der Waals surface area contributed by atoms with Gasteiger partial charge in [0.05, 0.1) is 30.9 Å². The Morgan fingerprint density at radius 2 is 1.97 bits per heavy atom. The lowest BCUT2D eigenvalue weighted by molar-refractivity contribution is -0.138. The third kappa shape index (κ3) is 5.22. The van der Waals surface area contributed by atoms with Crippen LogP contribution >= 0.6 is 0 Å². The Labute approximate surface area is 184 Å². The lowest BCUT2D eigenvalue weighted by atomic mass is 10.1. The van der Waals surface area contributed by atoms with Crippen LogP contribution in [0.25, 0.3) is 0 Å². The molecule has 9 heteroatoms. The minimum absolute atomic E-state index is 0.0332. The van der Waals surface area contributed by atoms with Crippen LogP contribution in [-0.4, -0.2) is 49.4 Å². The van der Waals surface area contributed by atoms with Crippen molar-refractivity contribution in [3.05, 3.63) is 54.1 Å². The second kappa shape index (κ2) is 10.2. The van der Waals surface area contributed by atoms with Crippen LogP contribution in [0.2, 0.25) is 0 Å². The van der Waals surface area contributed by atoms with Crippen molar-refractivity contribution in [1.29, 1.82) is 0 Å². The van der Waals surface area contributed by atoms with Gasteiger partial charge < -0.3 is 19.9 Å². The van der Waals surface area contributed by atoms with Crippen LogP contribution in [0.4, 0.5) is 20.2 Å². The Hall–Kier alpha value is -3.49.